The van der Waals surface area contributed by atoms with Crippen LogP contribution in [0.2, 0.25) is 0 Å². The largest absolute Gasteiger partial charge is 0.351 e. The van der Waals surface area contributed by atoms with Gasteiger partial charge in [-0.3, -0.25) is 9.69 Å². The van der Waals surface area contributed by atoms with E-state index in [9.17, 15) is 4.79 Å². The van der Waals surface area contributed by atoms with Crippen LogP contribution < -0.4 is 10.6 Å². The van der Waals surface area contributed by atoms with Crippen molar-refractivity contribution in [2.45, 2.75) is 26.4 Å². The third-order valence-electron chi connectivity index (χ3n) is 3.60. The molecule has 0 aliphatic carbocycles. The molecule has 0 spiro atoms. The van der Waals surface area contributed by atoms with Gasteiger partial charge in [-0.15, -0.1) is 12.4 Å². The van der Waals surface area contributed by atoms with Gasteiger partial charge in [0.1, 0.15) is 0 Å². The molecule has 1 heterocycles. The molecule has 2 N–H and O–H groups in total. The highest BCUT2D eigenvalue weighted by Gasteiger charge is 2.19. The maximum absolute atomic E-state index is 11.9. The van der Waals surface area contributed by atoms with E-state index in [1.54, 1.807) is 0 Å². The molecule has 1 atom stereocenters. The molecular formula is C15H24ClN3O. The molecule has 1 aromatic rings. The fourth-order valence-corrected chi connectivity index (χ4v) is 2.26. The topological polar surface area (TPSA) is 44.4 Å². The number of hydrogen-bond donors (Lipinski definition) is 2. The lowest BCUT2D eigenvalue weighted by Crippen LogP contribution is -2.52. The van der Waals surface area contributed by atoms with E-state index in [0.29, 0.717) is 19.1 Å². The van der Waals surface area contributed by atoms with Gasteiger partial charge in [-0.1, -0.05) is 29.8 Å². The van der Waals surface area contributed by atoms with E-state index in [-0.39, 0.29) is 18.3 Å². The summed E-state index contributed by atoms with van der Waals surface area (Å²) < 4.78 is 0. The highest BCUT2D eigenvalue weighted by Crippen LogP contribution is 2.03. The Morgan fingerprint density at radius 2 is 2.10 bits per heavy atom. The summed E-state index contributed by atoms with van der Waals surface area (Å²) >= 11 is 0. The molecule has 4 nitrogen and oxygen atoms in total. The van der Waals surface area contributed by atoms with Gasteiger partial charge in [-0.2, -0.15) is 0 Å². The third-order valence-corrected chi connectivity index (χ3v) is 3.60. The standard InChI is InChI=1S/C15H23N3O.ClH/c1-12-3-5-14(6-4-12)10-17-15(19)11-18-8-7-16-9-13(18)2;/h3-6,13,16H,7-11H2,1-2H3,(H,17,19);1H. The van der Waals surface area contributed by atoms with E-state index in [1.807, 2.05) is 0 Å². The summed E-state index contributed by atoms with van der Waals surface area (Å²) in [6.07, 6.45) is 0. The Bertz CT molecular complexity index is 422. The van der Waals surface area contributed by atoms with Gasteiger partial charge in [0.05, 0.1) is 6.54 Å². The van der Waals surface area contributed by atoms with Crippen LogP contribution in [0.4, 0.5) is 0 Å². The van der Waals surface area contributed by atoms with Gasteiger partial charge < -0.3 is 10.6 Å². The Labute approximate surface area is 127 Å². The number of hydrogen-bond acceptors (Lipinski definition) is 3. The molecular weight excluding hydrogens is 274 g/mol. The number of carbonyl (C=O) groups excluding carboxylic acids is 1. The van der Waals surface area contributed by atoms with Gasteiger partial charge in [0.15, 0.2) is 0 Å². The zero-order valence-corrected chi connectivity index (χ0v) is 13.0. The molecule has 1 amide bonds. The Kier molecular flexibility index (Phi) is 6.99. The quantitative estimate of drug-likeness (QED) is 0.881. The predicted octanol–water partition coefficient (Wildman–Crippen LogP) is 1.33. The highest BCUT2D eigenvalue weighted by molar-refractivity contribution is 5.85. The van der Waals surface area contributed by atoms with Crippen molar-refractivity contribution in [1.82, 2.24) is 15.5 Å². The minimum Gasteiger partial charge on any atom is -0.351 e. The first-order valence-electron chi connectivity index (χ1n) is 6.92. The molecule has 0 aromatic heterocycles. The van der Waals surface area contributed by atoms with E-state index < -0.39 is 0 Å². The van der Waals surface area contributed by atoms with Gasteiger partial charge in [0, 0.05) is 32.2 Å². The van der Waals surface area contributed by atoms with Crippen LogP contribution >= 0.6 is 12.4 Å². The Hall–Kier alpha value is -1.10. The van der Waals surface area contributed by atoms with Crippen molar-refractivity contribution in [3.8, 4) is 0 Å². The van der Waals surface area contributed by atoms with Crippen molar-refractivity contribution in [3.05, 3.63) is 35.4 Å². The van der Waals surface area contributed by atoms with Gasteiger partial charge in [0.2, 0.25) is 5.91 Å². The summed E-state index contributed by atoms with van der Waals surface area (Å²) in [5.41, 5.74) is 2.39. The van der Waals surface area contributed by atoms with Crippen LogP contribution in [0.5, 0.6) is 0 Å². The summed E-state index contributed by atoms with van der Waals surface area (Å²) in [5.74, 6) is 0.106. The molecule has 2 rings (SSSR count). The van der Waals surface area contributed by atoms with Crippen LogP contribution in [0.25, 0.3) is 0 Å². The second-order valence-corrected chi connectivity index (χ2v) is 5.29. The smallest absolute Gasteiger partial charge is 0.234 e. The zero-order valence-electron chi connectivity index (χ0n) is 12.2. The van der Waals surface area contributed by atoms with Crippen molar-refractivity contribution < 1.29 is 4.79 Å². The van der Waals surface area contributed by atoms with E-state index in [1.165, 1.54) is 5.56 Å². The van der Waals surface area contributed by atoms with Crippen LogP contribution in [0.3, 0.4) is 0 Å². The Morgan fingerprint density at radius 1 is 1.40 bits per heavy atom. The summed E-state index contributed by atoms with van der Waals surface area (Å²) in [6, 6.07) is 8.69. The van der Waals surface area contributed by atoms with Gasteiger partial charge in [0.25, 0.3) is 0 Å². The summed E-state index contributed by atoms with van der Waals surface area (Å²) in [5, 5.41) is 6.31. The maximum Gasteiger partial charge on any atom is 0.234 e. The molecule has 0 saturated carbocycles. The number of carbonyl (C=O) groups is 1. The van der Waals surface area contributed by atoms with Crippen LogP contribution in [-0.4, -0.2) is 43.0 Å². The average Bonchev–Trinajstić information content (AvgIpc) is 2.41. The van der Waals surface area contributed by atoms with Crippen LogP contribution in [0.1, 0.15) is 18.1 Å². The highest BCUT2D eigenvalue weighted by atomic mass is 35.5. The number of rotatable bonds is 4. The number of piperazine rings is 1. The number of aryl methyl sites for hydroxylation is 1. The first-order chi connectivity index (χ1) is 9.15. The minimum absolute atomic E-state index is 0. The molecule has 1 fully saturated rings. The molecule has 1 aliphatic rings. The molecule has 1 aromatic carbocycles. The van der Waals surface area contributed by atoms with Crippen molar-refractivity contribution in [2.75, 3.05) is 26.2 Å². The first kappa shape index (κ1) is 17.0. The normalized spacial score (nSPS) is 19.2. The molecule has 0 radical (unpaired) electrons. The number of amides is 1. The molecule has 0 bridgehead atoms. The Balaban J connectivity index is 0.00000200. The van der Waals surface area contributed by atoms with Crippen molar-refractivity contribution in [3.63, 3.8) is 0 Å². The van der Waals surface area contributed by atoms with E-state index >= 15 is 0 Å². The minimum atomic E-state index is 0. The predicted molar refractivity (Wildman–Crippen MR) is 84.2 cm³/mol. The second kappa shape index (κ2) is 8.25. The first-order valence-corrected chi connectivity index (χ1v) is 6.92. The SMILES string of the molecule is Cc1ccc(CNC(=O)CN2CCNCC2C)cc1.Cl. The summed E-state index contributed by atoms with van der Waals surface area (Å²) in [4.78, 5) is 14.1. The molecule has 1 aliphatic heterocycles. The maximum atomic E-state index is 11.9. The van der Waals surface area contributed by atoms with Gasteiger partial charge >= 0.3 is 0 Å². The zero-order chi connectivity index (χ0) is 13.7. The second-order valence-electron chi connectivity index (χ2n) is 5.29. The number of halogens is 1. The molecule has 5 heteroatoms. The molecule has 112 valence electrons. The van der Waals surface area contributed by atoms with Crippen LogP contribution in [0.15, 0.2) is 24.3 Å². The van der Waals surface area contributed by atoms with Crippen LogP contribution in [-0.2, 0) is 11.3 Å². The third kappa shape index (κ3) is 5.12. The van der Waals surface area contributed by atoms with E-state index in [2.05, 4.69) is 53.6 Å². The van der Waals surface area contributed by atoms with Gasteiger partial charge in [-0.25, -0.2) is 0 Å². The van der Waals surface area contributed by atoms with Crippen molar-refractivity contribution in [2.24, 2.45) is 0 Å². The van der Waals surface area contributed by atoms with Crippen molar-refractivity contribution in [1.29, 1.82) is 0 Å². The lowest BCUT2D eigenvalue weighted by Gasteiger charge is -2.33. The lowest BCUT2D eigenvalue weighted by atomic mass is 10.1. The monoisotopic (exact) mass is 297 g/mol. The number of nitrogens with one attached hydrogen (secondary N) is 2. The summed E-state index contributed by atoms with van der Waals surface area (Å²) in [7, 11) is 0. The Morgan fingerprint density at radius 3 is 2.75 bits per heavy atom. The van der Waals surface area contributed by atoms with Crippen LogP contribution in [0, 0.1) is 6.92 Å². The average molecular weight is 298 g/mol. The van der Waals surface area contributed by atoms with E-state index in [4.69, 9.17) is 0 Å². The summed E-state index contributed by atoms with van der Waals surface area (Å²) in [6.45, 7) is 8.20. The number of nitrogens with zero attached hydrogens (tertiary/aromatic N) is 1. The number of benzene rings is 1. The fraction of sp³-hybridized carbons (Fsp3) is 0.533. The van der Waals surface area contributed by atoms with Crippen molar-refractivity contribution >= 4 is 18.3 Å². The molecule has 1 unspecified atom stereocenters. The van der Waals surface area contributed by atoms with E-state index in [0.717, 1.165) is 25.2 Å². The van der Waals surface area contributed by atoms with Gasteiger partial charge in [-0.05, 0) is 19.4 Å². The fourth-order valence-electron chi connectivity index (χ4n) is 2.26. The lowest BCUT2D eigenvalue weighted by molar-refractivity contribution is -0.123. The molecule has 20 heavy (non-hydrogen) atoms. The molecule has 1 saturated heterocycles.